The summed E-state index contributed by atoms with van der Waals surface area (Å²) in [6, 6.07) is 16.9. The van der Waals surface area contributed by atoms with E-state index in [1.807, 2.05) is 13.1 Å². The third-order valence-corrected chi connectivity index (χ3v) is 5.93. The number of thioether (sulfide) groups is 1. The number of halogens is 1. The van der Waals surface area contributed by atoms with Gasteiger partial charge in [0.25, 0.3) is 0 Å². The fourth-order valence-corrected chi connectivity index (χ4v) is 4.18. The van der Waals surface area contributed by atoms with E-state index in [1.54, 1.807) is 11.8 Å². The van der Waals surface area contributed by atoms with E-state index in [2.05, 4.69) is 91.9 Å². The molecule has 3 aromatic rings. The van der Waals surface area contributed by atoms with Crippen molar-refractivity contribution in [2.24, 2.45) is 7.05 Å². The zero-order chi connectivity index (χ0) is 18.5. The number of aromatic nitrogens is 3. The Balaban J connectivity index is 1.74. The lowest BCUT2D eigenvalue weighted by molar-refractivity contribution is 0.793. The molecule has 1 aromatic heterocycles. The molecule has 0 saturated heterocycles. The van der Waals surface area contributed by atoms with E-state index in [-0.39, 0.29) is 0 Å². The van der Waals surface area contributed by atoms with Crippen molar-refractivity contribution in [1.82, 2.24) is 14.8 Å². The van der Waals surface area contributed by atoms with Gasteiger partial charge in [0, 0.05) is 41.6 Å². The molecule has 1 heterocycles. The fraction of sp³-hybridized carbons (Fsp3) is 0.300. The first kappa shape index (κ1) is 19.0. The fourth-order valence-electron chi connectivity index (χ4n) is 2.88. The van der Waals surface area contributed by atoms with Crippen LogP contribution in [0.15, 0.2) is 58.2 Å². The SMILES string of the molecule is CCN(CC)c1ccc(-c2nnc(SCc3cccc(Br)c3)n2C)cc1. The Labute approximate surface area is 167 Å². The molecule has 0 N–H and O–H groups in total. The van der Waals surface area contributed by atoms with Gasteiger partial charge in [-0.15, -0.1) is 10.2 Å². The van der Waals surface area contributed by atoms with Crippen molar-refractivity contribution in [1.29, 1.82) is 0 Å². The van der Waals surface area contributed by atoms with Crippen LogP contribution >= 0.6 is 27.7 Å². The predicted molar refractivity (Wildman–Crippen MR) is 114 cm³/mol. The minimum Gasteiger partial charge on any atom is -0.372 e. The van der Waals surface area contributed by atoms with Gasteiger partial charge >= 0.3 is 0 Å². The summed E-state index contributed by atoms with van der Waals surface area (Å²) in [4.78, 5) is 2.33. The molecule has 0 saturated carbocycles. The Bertz CT molecular complexity index is 857. The van der Waals surface area contributed by atoms with Crippen LogP contribution in [0, 0.1) is 0 Å². The molecule has 0 aliphatic rings. The van der Waals surface area contributed by atoms with Crippen LogP contribution in [-0.4, -0.2) is 27.9 Å². The van der Waals surface area contributed by atoms with Crippen molar-refractivity contribution in [3.05, 3.63) is 58.6 Å². The second-order valence-corrected chi connectivity index (χ2v) is 7.86. The molecule has 3 rings (SSSR count). The topological polar surface area (TPSA) is 34.0 Å². The third-order valence-electron chi connectivity index (χ3n) is 4.35. The first-order chi connectivity index (χ1) is 12.6. The van der Waals surface area contributed by atoms with Gasteiger partial charge in [0.05, 0.1) is 0 Å². The summed E-state index contributed by atoms with van der Waals surface area (Å²) >= 11 is 5.22. The van der Waals surface area contributed by atoms with E-state index in [1.165, 1.54) is 11.3 Å². The van der Waals surface area contributed by atoms with Crippen molar-refractivity contribution < 1.29 is 0 Å². The normalized spacial score (nSPS) is 10.9. The second-order valence-electron chi connectivity index (χ2n) is 6.00. The van der Waals surface area contributed by atoms with E-state index in [0.29, 0.717) is 0 Å². The summed E-state index contributed by atoms with van der Waals surface area (Å²) in [5.74, 6) is 1.76. The van der Waals surface area contributed by atoms with Gasteiger partial charge in [0.2, 0.25) is 0 Å². The minimum absolute atomic E-state index is 0.867. The van der Waals surface area contributed by atoms with Crippen molar-refractivity contribution in [3.63, 3.8) is 0 Å². The smallest absolute Gasteiger partial charge is 0.191 e. The quantitative estimate of drug-likeness (QED) is 0.470. The zero-order valence-electron chi connectivity index (χ0n) is 15.3. The highest BCUT2D eigenvalue weighted by molar-refractivity contribution is 9.10. The van der Waals surface area contributed by atoms with E-state index in [9.17, 15) is 0 Å². The molecule has 0 spiro atoms. The van der Waals surface area contributed by atoms with Crippen LogP contribution in [-0.2, 0) is 12.8 Å². The molecule has 0 atom stereocenters. The largest absolute Gasteiger partial charge is 0.372 e. The number of benzene rings is 2. The number of hydrogen-bond donors (Lipinski definition) is 0. The molecule has 0 radical (unpaired) electrons. The molecule has 0 fully saturated rings. The first-order valence-corrected chi connectivity index (χ1v) is 10.5. The molecule has 136 valence electrons. The van der Waals surface area contributed by atoms with E-state index >= 15 is 0 Å². The molecule has 0 aliphatic carbocycles. The first-order valence-electron chi connectivity index (χ1n) is 8.74. The van der Waals surface area contributed by atoms with Crippen LogP contribution in [0.5, 0.6) is 0 Å². The number of nitrogens with zero attached hydrogens (tertiary/aromatic N) is 4. The van der Waals surface area contributed by atoms with E-state index in [4.69, 9.17) is 0 Å². The maximum Gasteiger partial charge on any atom is 0.191 e. The van der Waals surface area contributed by atoms with Gasteiger partial charge in [-0.25, -0.2) is 0 Å². The van der Waals surface area contributed by atoms with Gasteiger partial charge in [-0.1, -0.05) is 39.8 Å². The Hall–Kier alpha value is -1.79. The molecule has 0 bridgehead atoms. The third kappa shape index (κ3) is 4.30. The highest BCUT2D eigenvalue weighted by atomic mass is 79.9. The maximum absolute atomic E-state index is 4.40. The van der Waals surface area contributed by atoms with Crippen molar-refractivity contribution in [2.75, 3.05) is 18.0 Å². The van der Waals surface area contributed by atoms with Crippen LogP contribution in [0.1, 0.15) is 19.4 Å². The summed E-state index contributed by atoms with van der Waals surface area (Å²) < 4.78 is 3.16. The Morgan fingerprint density at radius 2 is 1.77 bits per heavy atom. The molecule has 0 aliphatic heterocycles. The summed E-state index contributed by atoms with van der Waals surface area (Å²) in [6.07, 6.45) is 0. The molecule has 6 heteroatoms. The van der Waals surface area contributed by atoms with E-state index < -0.39 is 0 Å². The average molecular weight is 431 g/mol. The number of anilines is 1. The van der Waals surface area contributed by atoms with Crippen molar-refractivity contribution in [2.45, 2.75) is 24.8 Å². The van der Waals surface area contributed by atoms with Crippen LogP contribution in [0.3, 0.4) is 0 Å². The zero-order valence-corrected chi connectivity index (χ0v) is 17.7. The van der Waals surface area contributed by atoms with Gasteiger partial charge in [0.15, 0.2) is 11.0 Å². The Morgan fingerprint density at radius 1 is 1.04 bits per heavy atom. The van der Waals surface area contributed by atoms with Crippen molar-refractivity contribution in [3.8, 4) is 11.4 Å². The second kappa shape index (κ2) is 8.73. The number of hydrogen-bond acceptors (Lipinski definition) is 4. The van der Waals surface area contributed by atoms with Gasteiger partial charge in [0.1, 0.15) is 0 Å². The van der Waals surface area contributed by atoms with Gasteiger partial charge in [-0.05, 0) is 55.8 Å². The molecule has 0 unspecified atom stereocenters. The maximum atomic E-state index is 4.40. The Kier molecular flexibility index (Phi) is 6.38. The van der Waals surface area contributed by atoms with Crippen molar-refractivity contribution >= 4 is 33.4 Å². The average Bonchev–Trinajstić information content (AvgIpc) is 3.02. The number of rotatable bonds is 7. The monoisotopic (exact) mass is 430 g/mol. The standard InChI is InChI=1S/C20H23BrN4S/c1-4-25(5-2)18-11-9-16(10-12-18)19-22-23-20(24(19)3)26-14-15-7-6-8-17(21)13-15/h6-13H,4-5,14H2,1-3H3. The van der Waals surface area contributed by atoms with Crippen LogP contribution in [0.2, 0.25) is 0 Å². The van der Waals surface area contributed by atoms with Gasteiger partial charge in [-0.2, -0.15) is 0 Å². The molecular formula is C20H23BrN4S. The van der Waals surface area contributed by atoms with Crippen LogP contribution in [0.25, 0.3) is 11.4 Å². The van der Waals surface area contributed by atoms with E-state index in [0.717, 1.165) is 39.9 Å². The van der Waals surface area contributed by atoms with Crippen LogP contribution in [0.4, 0.5) is 5.69 Å². The van der Waals surface area contributed by atoms with Crippen LogP contribution < -0.4 is 4.90 Å². The highest BCUT2D eigenvalue weighted by Crippen LogP contribution is 2.27. The summed E-state index contributed by atoms with van der Waals surface area (Å²) in [5.41, 5.74) is 3.59. The summed E-state index contributed by atoms with van der Waals surface area (Å²) in [7, 11) is 2.02. The molecule has 2 aromatic carbocycles. The molecular weight excluding hydrogens is 408 g/mol. The summed E-state index contributed by atoms with van der Waals surface area (Å²) in [5, 5.41) is 9.70. The predicted octanol–water partition coefficient (Wildman–Crippen LogP) is 5.38. The van der Waals surface area contributed by atoms with Gasteiger partial charge < -0.3 is 9.47 Å². The highest BCUT2D eigenvalue weighted by Gasteiger charge is 2.12. The van der Waals surface area contributed by atoms with Gasteiger partial charge in [-0.3, -0.25) is 0 Å². The molecule has 0 amide bonds. The lowest BCUT2D eigenvalue weighted by Crippen LogP contribution is -2.21. The lowest BCUT2D eigenvalue weighted by Gasteiger charge is -2.21. The molecule has 26 heavy (non-hydrogen) atoms. The lowest BCUT2D eigenvalue weighted by atomic mass is 10.2. The summed E-state index contributed by atoms with van der Waals surface area (Å²) in [6.45, 7) is 6.37. The minimum atomic E-state index is 0.867. The molecule has 4 nitrogen and oxygen atoms in total. The Morgan fingerprint density at radius 3 is 2.42 bits per heavy atom.